The van der Waals surface area contributed by atoms with Gasteiger partial charge in [-0.15, -0.1) is 10.2 Å². The fraction of sp³-hybridized carbons (Fsp3) is 0.160. The van der Waals surface area contributed by atoms with Crippen LogP contribution in [-0.2, 0) is 9.63 Å². The third kappa shape index (κ3) is 4.29. The summed E-state index contributed by atoms with van der Waals surface area (Å²) in [5.41, 5.74) is 4.73. The average molecular weight is 470 g/mol. The molecule has 0 N–H and O–H groups in total. The van der Waals surface area contributed by atoms with Gasteiger partial charge in [0.2, 0.25) is 0 Å². The quantitative estimate of drug-likeness (QED) is 0.341. The summed E-state index contributed by atoms with van der Waals surface area (Å²) in [6, 6.07) is 17.1. The first-order chi connectivity index (χ1) is 16.9. The van der Waals surface area contributed by atoms with Crippen LogP contribution in [0, 0.1) is 13.8 Å². The van der Waals surface area contributed by atoms with Gasteiger partial charge in [0.05, 0.1) is 36.2 Å². The highest BCUT2D eigenvalue weighted by Crippen LogP contribution is 2.32. The standard InChI is InChI=1S/C25H23N7O3/c1-16-12-22(19-8-6-5-7-9-19)31-24(27-16)28-25(29-31)32(35-18(3)33)20-10-11-21(23(13-20)34-4)30-14-17(2)26-15-30/h5-15H,1-4H3. The zero-order valence-corrected chi connectivity index (χ0v) is 19.7. The van der Waals surface area contributed by atoms with Crippen LogP contribution in [0.1, 0.15) is 18.3 Å². The van der Waals surface area contributed by atoms with Crippen LogP contribution in [0.5, 0.6) is 5.75 Å². The summed E-state index contributed by atoms with van der Waals surface area (Å²) in [5, 5.41) is 5.91. The fourth-order valence-electron chi connectivity index (χ4n) is 3.77. The number of aromatic nitrogens is 6. The van der Waals surface area contributed by atoms with Gasteiger partial charge in [-0.3, -0.25) is 0 Å². The van der Waals surface area contributed by atoms with Crippen molar-refractivity contribution >= 4 is 23.4 Å². The van der Waals surface area contributed by atoms with E-state index in [2.05, 4.69) is 20.1 Å². The largest absolute Gasteiger partial charge is 0.494 e. The highest BCUT2D eigenvalue weighted by atomic mass is 16.7. The van der Waals surface area contributed by atoms with Crippen LogP contribution in [0.4, 0.5) is 11.6 Å². The summed E-state index contributed by atoms with van der Waals surface area (Å²) in [6.07, 6.45) is 3.60. The monoisotopic (exact) mass is 469 g/mol. The molecule has 0 aliphatic heterocycles. The number of rotatable bonds is 6. The first-order valence-corrected chi connectivity index (χ1v) is 10.9. The molecule has 0 amide bonds. The molecule has 0 aliphatic rings. The molecular weight excluding hydrogens is 446 g/mol. The van der Waals surface area contributed by atoms with E-state index in [4.69, 9.17) is 9.57 Å². The Labute approximate surface area is 201 Å². The number of hydrogen-bond acceptors (Lipinski definition) is 8. The van der Waals surface area contributed by atoms with E-state index in [1.165, 1.54) is 12.0 Å². The molecule has 2 aromatic carbocycles. The predicted molar refractivity (Wildman–Crippen MR) is 130 cm³/mol. The zero-order valence-electron chi connectivity index (χ0n) is 19.7. The van der Waals surface area contributed by atoms with E-state index in [1.807, 2.05) is 67.1 Å². The van der Waals surface area contributed by atoms with Crippen LogP contribution < -0.4 is 9.80 Å². The van der Waals surface area contributed by atoms with E-state index in [9.17, 15) is 4.79 Å². The number of carbonyl (C=O) groups is 1. The number of fused-ring (bicyclic) bond motifs is 1. The molecule has 10 heteroatoms. The third-order valence-corrected chi connectivity index (χ3v) is 5.29. The van der Waals surface area contributed by atoms with E-state index in [1.54, 1.807) is 30.1 Å². The maximum atomic E-state index is 12.0. The molecule has 0 saturated heterocycles. The lowest BCUT2D eigenvalue weighted by molar-refractivity contribution is -0.141. The van der Waals surface area contributed by atoms with Crippen LogP contribution in [0.2, 0.25) is 0 Å². The van der Waals surface area contributed by atoms with Crippen molar-refractivity contribution in [2.45, 2.75) is 20.8 Å². The van der Waals surface area contributed by atoms with E-state index < -0.39 is 5.97 Å². The number of methoxy groups -OCH3 is 1. The Morgan fingerprint density at radius 3 is 2.49 bits per heavy atom. The Morgan fingerprint density at radius 1 is 1.00 bits per heavy atom. The Morgan fingerprint density at radius 2 is 1.80 bits per heavy atom. The molecule has 0 atom stereocenters. The van der Waals surface area contributed by atoms with Gasteiger partial charge >= 0.3 is 5.97 Å². The van der Waals surface area contributed by atoms with Crippen LogP contribution in [-0.4, -0.2) is 42.2 Å². The van der Waals surface area contributed by atoms with Crippen molar-refractivity contribution in [3.63, 3.8) is 0 Å². The number of aryl methyl sites for hydroxylation is 2. The summed E-state index contributed by atoms with van der Waals surface area (Å²) in [6.45, 7) is 5.13. The minimum absolute atomic E-state index is 0.156. The van der Waals surface area contributed by atoms with Crippen molar-refractivity contribution in [3.8, 4) is 22.7 Å². The fourth-order valence-corrected chi connectivity index (χ4v) is 3.77. The van der Waals surface area contributed by atoms with Gasteiger partial charge in [-0.05, 0) is 32.0 Å². The maximum absolute atomic E-state index is 12.0. The molecule has 176 valence electrons. The number of nitrogens with zero attached hydrogens (tertiary/aromatic N) is 7. The number of carbonyl (C=O) groups excluding carboxylic acids is 1. The topological polar surface area (TPSA) is 99.7 Å². The summed E-state index contributed by atoms with van der Waals surface area (Å²) in [5.74, 6) is 0.571. The molecular formula is C25H23N7O3. The molecule has 0 bridgehead atoms. The van der Waals surface area contributed by atoms with E-state index in [0.29, 0.717) is 17.2 Å². The van der Waals surface area contributed by atoms with Gasteiger partial charge < -0.3 is 14.1 Å². The van der Waals surface area contributed by atoms with Crippen LogP contribution in [0.15, 0.2) is 67.1 Å². The van der Waals surface area contributed by atoms with E-state index in [-0.39, 0.29) is 5.95 Å². The molecule has 0 radical (unpaired) electrons. The minimum Gasteiger partial charge on any atom is -0.494 e. The second kappa shape index (κ2) is 8.90. The predicted octanol–water partition coefficient (Wildman–Crippen LogP) is 4.22. The van der Waals surface area contributed by atoms with E-state index in [0.717, 1.165) is 28.3 Å². The molecule has 0 unspecified atom stereocenters. The lowest BCUT2D eigenvalue weighted by Crippen LogP contribution is -2.22. The molecule has 0 aliphatic carbocycles. The molecule has 0 fully saturated rings. The van der Waals surface area contributed by atoms with Gasteiger partial charge in [-0.25, -0.2) is 14.8 Å². The van der Waals surface area contributed by atoms with Gasteiger partial charge in [0, 0.05) is 30.4 Å². The van der Waals surface area contributed by atoms with Crippen molar-refractivity contribution < 1.29 is 14.4 Å². The molecule has 5 aromatic rings. The lowest BCUT2D eigenvalue weighted by Gasteiger charge is -2.20. The van der Waals surface area contributed by atoms with Crippen molar-refractivity contribution in [2.24, 2.45) is 0 Å². The third-order valence-electron chi connectivity index (χ3n) is 5.29. The second-order valence-corrected chi connectivity index (χ2v) is 7.93. The Hall–Kier alpha value is -4.73. The molecule has 3 aromatic heterocycles. The molecule has 0 spiro atoms. The van der Waals surface area contributed by atoms with Crippen molar-refractivity contribution in [3.05, 3.63) is 78.5 Å². The number of imidazole rings is 1. The summed E-state index contributed by atoms with van der Waals surface area (Å²) in [7, 11) is 1.57. The lowest BCUT2D eigenvalue weighted by atomic mass is 10.1. The van der Waals surface area contributed by atoms with Crippen LogP contribution >= 0.6 is 0 Å². The molecule has 3 heterocycles. The zero-order chi connectivity index (χ0) is 24.5. The van der Waals surface area contributed by atoms with Gasteiger partial charge in [0.1, 0.15) is 5.75 Å². The van der Waals surface area contributed by atoms with Crippen molar-refractivity contribution in [1.29, 1.82) is 0 Å². The SMILES string of the molecule is COc1cc(N(OC(C)=O)c2nc3nc(C)cc(-c4ccccc4)n3n2)ccc1-n1cnc(C)c1. The van der Waals surface area contributed by atoms with Gasteiger partial charge in [-0.1, -0.05) is 30.3 Å². The highest BCUT2D eigenvalue weighted by Gasteiger charge is 2.22. The number of hydrogen-bond donors (Lipinski definition) is 0. The maximum Gasteiger partial charge on any atom is 0.330 e. The normalized spacial score (nSPS) is 11.0. The minimum atomic E-state index is -0.524. The first-order valence-electron chi connectivity index (χ1n) is 10.9. The van der Waals surface area contributed by atoms with E-state index >= 15 is 0 Å². The van der Waals surface area contributed by atoms with Gasteiger partial charge in [-0.2, -0.15) is 9.50 Å². The number of benzene rings is 2. The number of anilines is 2. The summed E-state index contributed by atoms with van der Waals surface area (Å²) >= 11 is 0. The molecule has 10 nitrogen and oxygen atoms in total. The Balaban J connectivity index is 1.63. The Bertz CT molecular complexity index is 1530. The molecule has 35 heavy (non-hydrogen) atoms. The van der Waals surface area contributed by atoms with Crippen LogP contribution in [0.3, 0.4) is 0 Å². The van der Waals surface area contributed by atoms with Crippen molar-refractivity contribution in [1.82, 2.24) is 29.1 Å². The highest BCUT2D eigenvalue weighted by molar-refractivity contribution is 5.72. The summed E-state index contributed by atoms with van der Waals surface area (Å²) in [4.78, 5) is 30.9. The first kappa shape index (κ1) is 22.1. The Kier molecular flexibility index (Phi) is 5.61. The van der Waals surface area contributed by atoms with Gasteiger partial charge in [0.25, 0.3) is 11.7 Å². The molecule has 5 rings (SSSR count). The summed E-state index contributed by atoms with van der Waals surface area (Å²) < 4.78 is 9.11. The second-order valence-electron chi connectivity index (χ2n) is 7.93. The number of ether oxygens (including phenoxy) is 1. The molecule has 0 saturated carbocycles. The van der Waals surface area contributed by atoms with Gasteiger partial charge in [0.15, 0.2) is 0 Å². The van der Waals surface area contributed by atoms with Crippen LogP contribution in [0.25, 0.3) is 22.7 Å². The van der Waals surface area contributed by atoms with Crippen molar-refractivity contribution in [2.75, 3.05) is 12.2 Å². The smallest absolute Gasteiger partial charge is 0.330 e. The average Bonchev–Trinajstić information content (AvgIpc) is 3.48.